The molecular weight excluding hydrogens is 184 g/mol. The first kappa shape index (κ1) is 8.70. The first-order valence-corrected chi connectivity index (χ1v) is 4.03. The first-order valence-electron chi connectivity index (χ1n) is 4.03. The van der Waals surface area contributed by atoms with Crippen molar-refractivity contribution in [2.45, 2.75) is 13.2 Å². The van der Waals surface area contributed by atoms with Crippen LogP contribution in [0.4, 0.5) is 11.8 Å². The first-order chi connectivity index (χ1) is 6.59. The standard InChI is InChI=1S/C7H10N6O/c1-3(14)13-2-10-4-5(8)11-7(9)12-6(4)13/h2-3,14H,1H3,(H4,8,9,11,12). The van der Waals surface area contributed by atoms with Crippen LogP contribution in [0, 0.1) is 0 Å². The number of nitrogens with two attached hydrogens (primary N) is 2. The van der Waals surface area contributed by atoms with Crippen molar-refractivity contribution in [2.75, 3.05) is 11.5 Å². The maximum Gasteiger partial charge on any atom is 0.224 e. The number of hydrogen-bond donors (Lipinski definition) is 3. The van der Waals surface area contributed by atoms with Gasteiger partial charge in [0.2, 0.25) is 5.95 Å². The monoisotopic (exact) mass is 194 g/mol. The van der Waals surface area contributed by atoms with Gasteiger partial charge in [0.1, 0.15) is 11.7 Å². The Hall–Kier alpha value is -1.89. The third-order valence-corrected chi connectivity index (χ3v) is 1.87. The minimum absolute atomic E-state index is 0.0670. The van der Waals surface area contributed by atoms with E-state index in [1.54, 1.807) is 6.92 Å². The molecule has 1 unspecified atom stereocenters. The molecule has 0 saturated carbocycles. The van der Waals surface area contributed by atoms with Crippen molar-refractivity contribution in [3.8, 4) is 0 Å². The summed E-state index contributed by atoms with van der Waals surface area (Å²) in [4.78, 5) is 11.7. The zero-order valence-corrected chi connectivity index (χ0v) is 7.55. The van der Waals surface area contributed by atoms with Crippen LogP contribution >= 0.6 is 0 Å². The fraction of sp³-hybridized carbons (Fsp3) is 0.286. The van der Waals surface area contributed by atoms with Crippen LogP contribution in [0.15, 0.2) is 6.33 Å². The lowest BCUT2D eigenvalue weighted by atomic mass is 10.5. The van der Waals surface area contributed by atoms with Crippen LogP contribution in [0.5, 0.6) is 0 Å². The number of nitrogens with zero attached hydrogens (tertiary/aromatic N) is 4. The molecule has 0 fully saturated rings. The maximum absolute atomic E-state index is 9.37. The quantitative estimate of drug-likeness (QED) is 0.563. The van der Waals surface area contributed by atoms with Crippen LogP contribution in [0.1, 0.15) is 13.2 Å². The Balaban J connectivity index is 2.78. The molecule has 0 aliphatic carbocycles. The van der Waals surface area contributed by atoms with Gasteiger partial charge in [0, 0.05) is 0 Å². The molecule has 0 radical (unpaired) electrons. The van der Waals surface area contributed by atoms with Crippen molar-refractivity contribution in [3.05, 3.63) is 6.33 Å². The zero-order valence-electron chi connectivity index (χ0n) is 7.55. The van der Waals surface area contributed by atoms with Crippen molar-refractivity contribution in [3.63, 3.8) is 0 Å². The van der Waals surface area contributed by atoms with Gasteiger partial charge >= 0.3 is 0 Å². The van der Waals surface area contributed by atoms with E-state index in [-0.39, 0.29) is 11.8 Å². The minimum Gasteiger partial charge on any atom is -0.382 e. The number of aliphatic hydroxyl groups excluding tert-OH is 1. The molecule has 14 heavy (non-hydrogen) atoms. The summed E-state index contributed by atoms with van der Waals surface area (Å²) in [6.07, 6.45) is 0.716. The summed E-state index contributed by atoms with van der Waals surface area (Å²) in [6.45, 7) is 1.59. The van der Waals surface area contributed by atoms with E-state index < -0.39 is 6.23 Å². The van der Waals surface area contributed by atoms with Crippen LogP contribution in [0.25, 0.3) is 11.2 Å². The highest BCUT2D eigenvalue weighted by atomic mass is 16.3. The summed E-state index contributed by atoms with van der Waals surface area (Å²) in [7, 11) is 0. The number of rotatable bonds is 1. The average molecular weight is 194 g/mol. The van der Waals surface area contributed by atoms with E-state index in [1.807, 2.05) is 0 Å². The largest absolute Gasteiger partial charge is 0.382 e. The molecule has 0 spiro atoms. The Morgan fingerprint density at radius 1 is 1.43 bits per heavy atom. The van der Waals surface area contributed by atoms with Gasteiger partial charge in [0.15, 0.2) is 11.5 Å². The molecule has 0 aliphatic rings. The van der Waals surface area contributed by atoms with Gasteiger partial charge < -0.3 is 16.6 Å². The molecule has 5 N–H and O–H groups in total. The highest BCUT2D eigenvalue weighted by Gasteiger charge is 2.11. The van der Waals surface area contributed by atoms with E-state index in [1.165, 1.54) is 10.9 Å². The van der Waals surface area contributed by atoms with Gasteiger partial charge in [-0.3, -0.25) is 4.57 Å². The van der Waals surface area contributed by atoms with Crippen LogP contribution in [-0.2, 0) is 0 Å². The lowest BCUT2D eigenvalue weighted by Crippen LogP contribution is -2.06. The fourth-order valence-electron chi connectivity index (χ4n) is 1.23. The van der Waals surface area contributed by atoms with Gasteiger partial charge in [-0.1, -0.05) is 0 Å². The van der Waals surface area contributed by atoms with Crippen molar-refractivity contribution < 1.29 is 5.11 Å². The van der Waals surface area contributed by atoms with E-state index in [2.05, 4.69) is 15.0 Å². The van der Waals surface area contributed by atoms with Crippen molar-refractivity contribution in [1.29, 1.82) is 0 Å². The minimum atomic E-state index is -0.728. The molecule has 1 atom stereocenters. The van der Waals surface area contributed by atoms with Gasteiger partial charge in [-0.15, -0.1) is 0 Å². The number of nitrogen functional groups attached to an aromatic ring is 2. The Bertz CT molecular complexity index is 476. The third kappa shape index (κ3) is 1.14. The molecule has 2 aromatic heterocycles. The summed E-state index contributed by atoms with van der Waals surface area (Å²) in [5.74, 6) is 0.282. The molecular formula is C7H10N6O. The molecule has 2 aromatic rings. The highest BCUT2D eigenvalue weighted by Crippen LogP contribution is 2.18. The lowest BCUT2D eigenvalue weighted by Gasteiger charge is -2.06. The molecule has 7 nitrogen and oxygen atoms in total. The number of anilines is 2. The second-order valence-corrected chi connectivity index (χ2v) is 2.92. The molecule has 2 rings (SSSR count). The van der Waals surface area contributed by atoms with Crippen molar-refractivity contribution >= 4 is 22.9 Å². The number of aromatic nitrogens is 4. The van der Waals surface area contributed by atoms with E-state index in [0.29, 0.717) is 11.2 Å². The molecule has 0 bridgehead atoms. The summed E-state index contributed by atoms with van der Waals surface area (Å²) < 4.78 is 1.46. The fourth-order valence-corrected chi connectivity index (χ4v) is 1.23. The summed E-state index contributed by atoms with van der Waals surface area (Å²) >= 11 is 0. The van der Waals surface area contributed by atoms with Crippen molar-refractivity contribution in [1.82, 2.24) is 19.5 Å². The average Bonchev–Trinajstić information content (AvgIpc) is 2.47. The summed E-state index contributed by atoms with van der Waals surface area (Å²) in [5, 5.41) is 9.37. The second kappa shape index (κ2) is 2.81. The Morgan fingerprint density at radius 3 is 2.79 bits per heavy atom. The topological polar surface area (TPSA) is 116 Å². The van der Waals surface area contributed by atoms with Crippen LogP contribution in [-0.4, -0.2) is 24.6 Å². The maximum atomic E-state index is 9.37. The molecule has 0 saturated heterocycles. The van der Waals surface area contributed by atoms with E-state index in [9.17, 15) is 5.11 Å². The molecule has 7 heteroatoms. The third-order valence-electron chi connectivity index (χ3n) is 1.87. The van der Waals surface area contributed by atoms with E-state index in [4.69, 9.17) is 11.5 Å². The lowest BCUT2D eigenvalue weighted by molar-refractivity contribution is 0.128. The molecule has 74 valence electrons. The van der Waals surface area contributed by atoms with Gasteiger partial charge in [-0.25, -0.2) is 4.98 Å². The second-order valence-electron chi connectivity index (χ2n) is 2.92. The molecule has 0 amide bonds. The SMILES string of the molecule is CC(O)n1cnc2c(N)nc(N)nc21. The Labute approximate surface area is 79.4 Å². The van der Waals surface area contributed by atoms with Crippen LogP contribution in [0.3, 0.4) is 0 Å². The molecule has 0 aliphatic heterocycles. The van der Waals surface area contributed by atoms with Gasteiger partial charge in [0.25, 0.3) is 0 Å². The molecule has 2 heterocycles. The van der Waals surface area contributed by atoms with E-state index in [0.717, 1.165) is 0 Å². The Kier molecular flexibility index (Phi) is 1.74. The van der Waals surface area contributed by atoms with Gasteiger partial charge in [-0.05, 0) is 6.92 Å². The van der Waals surface area contributed by atoms with Crippen LogP contribution < -0.4 is 11.5 Å². The van der Waals surface area contributed by atoms with Gasteiger partial charge in [-0.2, -0.15) is 9.97 Å². The zero-order chi connectivity index (χ0) is 10.3. The number of aliphatic hydroxyl groups is 1. The van der Waals surface area contributed by atoms with Gasteiger partial charge in [0.05, 0.1) is 6.33 Å². The summed E-state index contributed by atoms with van der Waals surface area (Å²) in [5.41, 5.74) is 11.9. The van der Waals surface area contributed by atoms with E-state index >= 15 is 0 Å². The predicted molar refractivity (Wildman–Crippen MR) is 51.1 cm³/mol. The smallest absolute Gasteiger partial charge is 0.224 e. The van der Waals surface area contributed by atoms with Crippen molar-refractivity contribution in [2.24, 2.45) is 0 Å². The number of fused-ring (bicyclic) bond motifs is 1. The van der Waals surface area contributed by atoms with Crippen LogP contribution in [0.2, 0.25) is 0 Å². The highest BCUT2D eigenvalue weighted by molar-refractivity contribution is 5.82. The predicted octanol–water partition coefficient (Wildman–Crippen LogP) is -0.499. The number of hydrogen-bond acceptors (Lipinski definition) is 6. The molecule has 0 aromatic carbocycles. The normalized spacial score (nSPS) is 13.3. The summed E-state index contributed by atoms with van der Waals surface area (Å²) in [6, 6.07) is 0. The Morgan fingerprint density at radius 2 is 2.14 bits per heavy atom. The number of imidazole rings is 1.